The first kappa shape index (κ1) is 30.2. The summed E-state index contributed by atoms with van der Waals surface area (Å²) in [5.74, 6) is 0. The minimum atomic E-state index is -4.64. The van der Waals surface area contributed by atoms with Crippen molar-refractivity contribution in [2.45, 2.75) is 0 Å². The predicted octanol–water partition coefficient (Wildman–Crippen LogP) is -3.82. The molecule has 0 rings (SSSR count). The maximum absolute atomic E-state index is 8.88. The van der Waals surface area contributed by atoms with Crippen LogP contribution in [0.1, 0.15) is 1.43 Å². The summed E-state index contributed by atoms with van der Waals surface area (Å²) in [6.07, 6.45) is 0. The number of hydrogen-bond donors (Lipinski definition) is 3. The van der Waals surface area contributed by atoms with Crippen molar-refractivity contribution < 1.29 is 90.7 Å². The third kappa shape index (κ3) is 137. The minimum Gasteiger partial charge on any atom is -1.00 e. The molecule has 0 saturated carbocycles. The Morgan fingerprint density at radius 1 is 1.11 bits per heavy atom. The van der Waals surface area contributed by atoms with Crippen molar-refractivity contribution in [2.75, 3.05) is 0 Å². The molecule has 0 amide bonds. The fourth-order valence-electron chi connectivity index (χ4n) is 0. The van der Waals surface area contributed by atoms with Crippen molar-refractivity contribution in [1.29, 1.82) is 0 Å². The average Bonchev–Trinajstić information content (AvgIpc) is 0.722. The number of phosphoric acid groups is 1. The summed E-state index contributed by atoms with van der Waals surface area (Å²) >= 11 is 0. The Kier molecular flexibility index (Phi) is 43.3. The number of hydrogen-bond acceptors (Lipinski definition) is 1. The quantitative estimate of drug-likeness (QED) is 0.312. The molecule has 0 saturated heterocycles. The van der Waals surface area contributed by atoms with E-state index in [9.17, 15) is 0 Å². The van der Waals surface area contributed by atoms with Gasteiger partial charge >= 0.3 is 26.7 Å². The molecule has 56 valence electrons. The molecule has 0 aromatic heterocycles. The van der Waals surface area contributed by atoms with Crippen molar-refractivity contribution >= 4 is 7.82 Å². The van der Waals surface area contributed by atoms with Crippen LogP contribution in [0.4, 0.5) is 0 Å². The molecule has 0 aromatic rings. The molecule has 0 unspecified atom stereocenters. The topological polar surface area (TPSA) is 77.8 Å². The summed E-state index contributed by atoms with van der Waals surface area (Å²) in [6.45, 7) is 0. The second-order valence-electron chi connectivity index (χ2n) is 0.513. The van der Waals surface area contributed by atoms with Crippen LogP contribution in [0.25, 0.3) is 0 Å². The Labute approximate surface area is 97.9 Å². The predicted molar refractivity (Wildman–Crippen MR) is 15.4 cm³/mol. The molecule has 0 heterocycles. The van der Waals surface area contributed by atoms with Crippen LogP contribution in [0.5, 0.6) is 0 Å². The van der Waals surface area contributed by atoms with Gasteiger partial charge in [-0.1, -0.05) is 0 Å². The summed E-state index contributed by atoms with van der Waals surface area (Å²) in [6, 6.07) is 0. The van der Waals surface area contributed by atoms with Gasteiger partial charge in [0.15, 0.2) is 0 Å². The van der Waals surface area contributed by atoms with E-state index in [1.165, 1.54) is 0 Å². The molecular weight excluding hydrogens is 268 g/mol. The number of rotatable bonds is 0. The monoisotopic (exact) mass is 272 g/mol. The van der Waals surface area contributed by atoms with E-state index in [0.717, 1.165) is 0 Å². The van der Waals surface area contributed by atoms with Gasteiger partial charge in [-0.25, -0.2) is 4.57 Å². The summed E-state index contributed by atoms with van der Waals surface area (Å²) in [5, 5.41) is 0. The van der Waals surface area contributed by atoms with E-state index in [4.69, 9.17) is 19.2 Å². The first-order valence-electron chi connectivity index (χ1n) is 0.783. The van der Waals surface area contributed by atoms with E-state index >= 15 is 0 Å². The van der Waals surface area contributed by atoms with Gasteiger partial charge in [0.05, 0.1) is 0 Å². The second kappa shape index (κ2) is 12.9. The van der Waals surface area contributed by atoms with Gasteiger partial charge in [0.1, 0.15) is 0 Å². The zero-order valence-corrected chi connectivity index (χ0v) is 8.67. The van der Waals surface area contributed by atoms with E-state index in [-0.39, 0.29) is 71.5 Å². The Bertz CT molecular complexity index is 69.4. The Balaban J connectivity index is -0.00000000800. The van der Waals surface area contributed by atoms with Gasteiger partial charge in [0.2, 0.25) is 0 Å². The van der Waals surface area contributed by atoms with Crippen LogP contribution >= 0.6 is 7.82 Å². The first-order chi connectivity index (χ1) is 2.00. The Morgan fingerprint density at radius 2 is 1.11 bits per heavy atom. The third-order valence-electron chi connectivity index (χ3n) is 0. The van der Waals surface area contributed by atoms with Gasteiger partial charge in [0, 0.05) is 51.2 Å². The van der Waals surface area contributed by atoms with Crippen LogP contribution in [0, 0.1) is 0 Å². The molecule has 0 bridgehead atoms. The molecule has 0 atom stereocenters. The van der Waals surface area contributed by atoms with Gasteiger partial charge in [-0.05, 0) is 0 Å². The van der Waals surface area contributed by atoms with Crippen LogP contribution in [0.15, 0.2) is 0 Å². The largest absolute Gasteiger partial charge is 1.00 e. The van der Waals surface area contributed by atoms with Crippen LogP contribution in [0.3, 0.4) is 0 Å². The molecule has 4 nitrogen and oxygen atoms in total. The minimum absolute atomic E-state index is 0. The maximum atomic E-state index is 8.88. The molecule has 3 N–H and O–H groups in total. The van der Waals surface area contributed by atoms with Gasteiger partial charge in [-0.2, -0.15) is 0 Å². The van der Waals surface area contributed by atoms with E-state index in [1.807, 2.05) is 0 Å². The van der Waals surface area contributed by atoms with Crippen molar-refractivity contribution in [1.82, 2.24) is 0 Å². The summed E-state index contributed by atoms with van der Waals surface area (Å²) in [5.41, 5.74) is 0. The SMILES string of the molecule is O=P(O)(O)O.[Fe].[H-].[Li+].[Mn].[Mn]. The molecule has 0 fully saturated rings. The van der Waals surface area contributed by atoms with Crippen LogP contribution in [0.2, 0.25) is 0 Å². The molecule has 0 aliphatic carbocycles. The molecular formula is H4FeLiMn2O4P. The standard InChI is InChI=1S/Fe.Li.2Mn.H3O4P.H/c;;;;1-5(2,3)4;/h;;;;(H3,1,2,3,4);/q;+1;;;;-1. The smallest absolute Gasteiger partial charge is 1.00 e. The molecule has 2 radical (unpaired) electrons. The van der Waals surface area contributed by atoms with Crippen LogP contribution < -0.4 is 18.9 Å². The summed E-state index contributed by atoms with van der Waals surface area (Å²) in [4.78, 5) is 21.6. The summed E-state index contributed by atoms with van der Waals surface area (Å²) in [7, 11) is -4.64. The fourth-order valence-corrected chi connectivity index (χ4v) is 0. The molecule has 9 heteroatoms. The zero-order chi connectivity index (χ0) is 4.50. The van der Waals surface area contributed by atoms with Gasteiger partial charge in [0.25, 0.3) is 0 Å². The van der Waals surface area contributed by atoms with Crippen molar-refractivity contribution in [2.24, 2.45) is 0 Å². The van der Waals surface area contributed by atoms with E-state index < -0.39 is 7.82 Å². The molecule has 9 heavy (non-hydrogen) atoms. The molecule has 0 aliphatic heterocycles. The average molecular weight is 272 g/mol. The molecule has 0 aliphatic rings. The fraction of sp³-hybridized carbons (Fsp3) is 0. The maximum Gasteiger partial charge on any atom is 1.00 e. The van der Waals surface area contributed by atoms with E-state index in [0.29, 0.717) is 0 Å². The Hall–Kier alpha value is 2.27. The van der Waals surface area contributed by atoms with E-state index in [2.05, 4.69) is 0 Å². The van der Waals surface area contributed by atoms with E-state index in [1.54, 1.807) is 0 Å². The Morgan fingerprint density at radius 3 is 1.11 bits per heavy atom. The second-order valence-corrected chi connectivity index (χ2v) is 1.54. The first-order valence-corrected chi connectivity index (χ1v) is 2.35. The summed E-state index contributed by atoms with van der Waals surface area (Å²) < 4.78 is 8.88. The van der Waals surface area contributed by atoms with Crippen molar-refractivity contribution in [3.8, 4) is 0 Å². The van der Waals surface area contributed by atoms with Gasteiger partial charge < -0.3 is 16.1 Å². The molecule has 0 aromatic carbocycles. The normalized spacial score (nSPS) is 6.56. The third-order valence-corrected chi connectivity index (χ3v) is 0. The zero-order valence-electron chi connectivity index (χ0n) is 5.31. The van der Waals surface area contributed by atoms with Crippen LogP contribution in [-0.4, -0.2) is 14.7 Å². The van der Waals surface area contributed by atoms with Gasteiger partial charge in [-0.15, -0.1) is 0 Å². The van der Waals surface area contributed by atoms with Crippen molar-refractivity contribution in [3.05, 3.63) is 0 Å². The van der Waals surface area contributed by atoms with Crippen LogP contribution in [-0.2, 0) is 55.8 Å². The van der Waals surface area contributed by atoms with Crippen molar-refractivity contribution in [3.63, 3.8) is 0 Å². The van der Waals surface area contributed by atoms with Gasteiger partial charge in [-0.3, -0.25) is 0 Å². The molecule has 0 spiro atoms.